The molecule has 3 aliphatic rings. The van der Waals surface area contributed by atoms with E-state index < -0.39 is 0 Å². The minimum atomic E-state index is -0.141. The molecule has 27 heavy (non-hydrogen) atoms. The zero-order valence-electron chi connectivity index (χ0n) is 17.7. The number of rotatable bonds is 9. The fraction of sp³-hybridized carbons (Fsp3) is 1.00. The SMILES string of the molecule is CCCCC[C@H]1CO[C@H]([C@H]2CO[C@H]([C@H]3CC[C@H](CCCC)CC3)OC2)OC1. The molecule has 1 aliphatic carbocycles. The molecule has 0 N–H and O–H groups in total. The van der Waals surface area contributed by atoms with E-state index in [-0.39, 0.29) is 18.5 Å². The molecule has 1 saturated carbocycles. The third kappa shape index (κ3) is 6.69. The Balaban J connectivity index is 1.31. The van der Waals surface area contributed by atoms with Crippen LogP contribution in [0.1, 0.15) is 84.5 Å². The van der Waals surface area contributed by atoms with Gasteiger partial charge in [-0.15, -0.1) is 0 Å². The lowest BCUT2D eigenvalue weighted by Gasteiger charge is -2.40. The van der Waals surface area contributed by atoms with Crippen molar-refractivity contribution in [3.8, 4) is 0 Å². The van der Waals surface area contributed by atoms with Crippen LogP contribution in [0, 0.1) is 23.7 Å². The van der Waals surface area contributed by atoms with Crippen LogP contribution in [-0.2, 0) is 18.9 Å². The summed E-state index contributed by atoms with van der Waals surface area (Å²) in [6.07, 6.45) is 14.3. The van der Waals surface area contributed by atoms with Gasteiger partial charge < -0.3 is 18.9 Å². The standard InChI is InChI=1S/C23H42O4/c1-3-5-7-9-19-14-24-23(25-15-19)21-16-26-22(27-17-21)20-12-10-18(11-13-20)8-6-4-2/h18-23H,3-17H2,1-2H3/t18-,19-,20-,21-,22-,23-. The Kier molecular flexibility index (Phi) is 9.37. The van der Waals surface area contributed by atoms with Gasteiger partial charge in [-0.05, 0) is 38.0 Å². The Labute approximate surface area is 166 Å². The van der Waals surface area contributed by atoms with Gasteiger partial charge in [-0.1, -0.05) is 52.4 Å². The molecule has 3 fully saturated rings. The summed E-state index contributed by atoms with van der Waals surface area (Å²) in [5, 5.41) is 0. The van der Waals surface area contributed by atoms with Crippen molar-refractivity contribution in [3.63, 3.8) is 0 Å². The molecule has 2 aliphatic heterocycles. The molecule has 0 bridgehead atoms. The number of hydrogen-bond donors (Lipinski definition) is 0. The Morgan fingerprint density at radius 3 is 1.74 bits per heavy atom. The van der Waals surface area contributed by atoms with Crippen molar-refractivity contribution in [3.05, 3.63) is 0 Å². The van der Waals surface area contributed by atoms with E-state index in [4.69, 9.17) is 18.9 Å². The second kappa shape index (κ2) is 11.7. The van der Waals surface area contributed by atoms with Gasteiger partial charge in [0.05, 0.1) is 32.3 Å². The first-order valence-electron chi connectivity index (χ1n) is 11.8. The van der Waals surface area contributed by atoms with E-state index in [2.05, 4.69) is 13.8 Å². The van der Waals surface area contributed by atoms with E-state index in [1.165, 1.54) is 70.6 Å². The Morgan fingerprint density at radius 1 is 0.556 bits per heavy atom. The van der Waals surface area contributed by atoms with Gasteiger partial charge in [-0.2, -0.15) is 0 Å². The van der Waals surface area contributed by atoms with Crippen molar-refractivity contribution in [2.45, 2.75) is 97.1 Å². The van der Waals surface area contributed by atoms with E-state index in [1.807, 2.05) is 0 Å². The molecule has 0 aromatic rings. The molecule has 4 nitrogen and oxygen atoms in total. The van der Waals surface area contributed by atoms with E-state index >= 15 is 0 Å². The van der Waals surface area contributed by atoms with E-state index in [0.29, 0.717) is 25.0 Å². The molecule has 3 rings (SSSR count). The lowest BCUT2D eigenvalue weighted by Crippen LogP contribution is -2.46. The largest absolute Gasteiger partial charge is 0.352 e. The zero-order valence-corrected chi connectivity index (χ0v) is 17.7. The molecule has 0 aromatic carbocycles. The minimum absolute atomic E-state index is 0.00115. The van der Waals surface area contributed by atoms with Crippen LogP contribution in [0.5, 0.6) is 0 Å². The van der Waals surface area contributed by atoms with Crippen LogP contribution >= 0.6 is 0 Å². The van der Waals surface area contributed by atoms with Crippen molar-refractivity contribution in [2.75, 3.05) is 26.4 Å². The van der Waals surface area contributed by atoms with Crippen LogP contribution < -0.4 is 0 Å². The van der Waals surface area contributed by atoms with Crippen molar-refractivity contribution in [1.29, 1.82) is 0 Å². The second-order valence-electron chi connectivity index (χ2n) is 9.12. The van der Waals surface area contributed by atoms with Crippen molar-refractivity contribution in [2.24, 2.45) is 23.7 Å². The second-order valence-corrected chi connectivity index (χ2v) is 9.12. The van der Waals surface area contributed by atoms with Gasteiger partial charge >= 0.3 is 0 Å². The maximum absolute atomic E-state index is 6.12. The first-order valence-corrected chi connectivity index (χ1v) is 11.8. The predicted octanol–water partition coefficient (Wildman–Crippen LogP) is 5.54. The number of hydrogen-bond acceptors (Lipinski definition) is 4. The number of ether oxygens (including phenoxy) is 4. The summed E-state index contributed by atoms with van der Waals surface area (Å²) < 4.78 is 24.3. The third-order valence-corrected chi connectivity index (χ3v) is 6.78. The van der Waals surface area contributed by atoms with E-state index in [0.717, 1.165) is 19.1 Å². The quantitative estimate of drug-likeness (QED) is 0.491. The molecule has 158 valence electrons. The Morgan fingerprint density at radius 2 is 1.11 bits per heavy atom. The minimum Gasteiger partial charge on any atom is -0.352 e. The molecule has 0 unspecified atom stereocenters. The fourth-order valence-corrected chi connectivity index (χ4v) is 4.88. The fourth-order valence-electron chi connectivity index (χ4n) is 4.88. The molecular formula is C23H42O4. The van der Waals surface area contributed by atoms with Gasteiger partial charge in [0.25, 0.3) is 0 Å². The summed E-state index contributed by atoms with van der Waals surface area (Å²) in [6.45, 7) is 7.62. The van der Waals surface area contributed by atoms with Gasteiger partial charge in [0, 0.05) is 11.8 Å². The summed E-state index contributed by atoms with van der Waals surface area (Å²) in [5.74, 6) is 2.31. The van der Waals surface area contributed by atoms with Gasteiger partial charge in [0.1, 0.15) is 0 Å². The normalized spacial score (nSPS) is 38.0. The number of unbranched alkanes of at least 4 members (excludes halogenated alkanes) is 3. The van der Waals surface area contributed by atoms with E-state index in [1.54, 1.807) is 0 Å². The van der Waals surface area contributed by atoms with E-state index in [9.17, 15) is 0 Å². The molecule has 0 amide bonds. The summed E-state index contributed by atoms with van der Waals surface area (Å²) in [6, 6.07) is 0. The maximum atomic E-state index is 6.12. The highest BCUT2D eigenvalue weighted by Crippen LogP contribution is 2.36. The maximum Gasteiger partial charge on any atom is 0.164 e. The first-order chi connectivity index (χ1) is 13.3. The Bertz CT molecular complexity index is 378. The molecule has 0 spiro atoms. The van der Waals surface area contributed by atoms with Crippen LogP contribution in [0.3, 0.4) is 0 Å². The van der Waals surface area contributed by atoms with Crippen molar-refractivity contribution in [1.82, 2.24) is 0 Å². The third-order valence-electron chi connectivity index (χ3n) is 6.78. The lowest BCUT2D eigenvalue weighted by molar-refractivity contribution is -0.291. The molecule has 2 heterocycles. The first kappa shape index (κ1) is 21.5. The van der Waals surface area contributed by atoms with Crippen LogP contribution in [0.4, 0.5) is 0 Å². The summed E-state index contributed by atoms with van der Waals surface area (Å²) in [5.41, 5.74) is 0. The smallest absolute Gasteiger partial charge is 0.164 e. The van der Waals surface area contributed by atoms with Crippen LogP contribution in [0.2, 0.25) is 0 Å². The zero-order chi connectivity index (χ0) is 18.9. The molecule has 0 radical (unpaired) electrons. The summed E-state index contributed by atoms with van der Waals surface area (Å²) in [7, 11) is 0. The highest BCUT2D eigenvalue weighted by atomic mass is 16.7. The molecule has 4 heteroatoms. The topological polar surface area (TPSA) is 36.9 Å². The van der Waals surface area contributed by atoms with Gasteiger partial charge in [0.15, 0.2) is 12.6 Å². The average Bonchev–Trinajstić information content (AvgIpc) is 2.73. The summed E-state index contributed by atoms with van der Waals surface area (Å²) >= 11 is 0. The van der Waals surface area contributed by atoms with Crippen LogP contribution in [-0.4, -0.2) is 39.0 Å². The molecule has 0 aromatic heterocycles. The van der Waals surface area contributed by atoms with Crippen LogP contribution in [0.15, 0.2) is 0 Å². The predicted molar refractivity (Wildman–Crippen MR) is 107 cm³/mol. The van der Waals surface area contributed by atoms with Crippen molar-refractivity contribution < 1.29 is 18.9 Å². The molecule has 0 atom stereocenters. The lowest BCUT2D eigenvalue weighted by atomic mass is 9.79. The van der Waals surface area contributed by atoms with Crippen molar-refractivity contribution >= 4 is 0 Å². The van der Waals surface area contributed by atoms with Crippen LogP contribution in [0.25, 0.3) is 0 Å². The van der Waals surface area contributed by atoms with Gasteiger partial charge in [0.2, 0.25) is 0 Å². The van der Waals surface area contributed by atoms with Gasteiger partial charge in [-0.25, -0.2) is 0 Å². The Hall–Kier alpha value is -0.160. The molecular weight excluding hydrogens is 340 g/mol. The highest BCUT2D eigenvalue weighted by molar-refractivity contribution is 4.78. The monoisotopic (exact) mass is 382 g/mol. The summed E-state index contributed by atoms with van der Waals surface area (Å²) in [4.78, 5) is 0. The van der Waals surface area contributed by atoms with Gasteiger partial charge in [-0.3, -0.25) is 0 Å². The highest BCUT2D eigenvalue weighted by Gasteiger charge is 2.37. The molecule has 2 saturated heterocycles. The average molecular weight is 383 g/mol.